The zero-order chi connectivity index (χ0) is 14.8. The number of aromatic nitrogens is 2. The first-order valence-corrected chi connectivity index (χ1v) is 5.56. The van der Waals surface area contributed by atoms with Crippen molar-refractivity contribution in [2.45, 2.75) is 13.3 Å². The highest BCUT2D eigenvalue weighted by atomic mass is 19.4. The van der Waals surface area contributed by atoms with Gasteiger partial charge in [0.15, 0.2) is 5.75 Å². The largest absolute Gasteiger partial charge is 0.573 e. The number of rotatable bonds is 3. The van der Waals surface area contributed by atoms with E-state index in [9.17, 15) is 13.2 Å². The Morgan fingerprint density at radius 1 is 1.25 bits per heavy atom. The van der Waals surface area contributed by atoms with Crippen LogP contribution in [0.3, 0.4) is 0 Å². The van der Waals surface area contributed by atoms with E-state index >= 15 is 0 Å². The lowest BCUT2D eigenvalue weighted by molar-refractivity contribution is -0.274. The third-order valence-corrected chi connectivity index (χ3v) is 2.36. The van der Waals surface area contributed by atoms with Gasteiger partial charge in [0.2, 0.25) is 5.95 Å². The molecule has 1 heterocycles. The molecule has 0 spiro atoms. The number of hydrogen-bond acceptors (Lipinski definition) is 5. The van der Waals surface area contributed by atoms with Crippen LogP contribution in [-0.2, 0) is 0 Å². The zero-order valence-corrected chi connectivity index (χ0v) is 10.4. The van der Waals surface area contributed by atoms with Gasteiger partial charge in [0.25, 0.3) is 0 Å². The number of alkyl halides is 3. The summed E-state index contributed by atoms with van der Waals surface area (Å²) in [6, 6.07) is 5.66. The van der Waals surface area contributed by atoms with Crippen molar-refractivity contribution >= 4 is 17.5 Å². The predicted octanol–water partition coefficient (Wildman–Crippen LogP) is 3.01. The molecule has 1 aromatic carbocycles. The molecule has 0 unspecified atom stereocenters. The molecular formula is C12H11F3N4O. The van der Waals surface area contributed by atoms with Crippen molar-refractivity contribution in [2.75, 3.05) is 11.1 Å². The predicted molar refractivity (Wildman–Crippen MR) is 67.6 cm³/mol. The normalized spacial score (nSPS) is 11.2. The molecule has 2 aromatic rings. The van der Waals surface area contributed by atoms with E-state index in [0.717, 1.165) is 0 Å². The number of aryl methyl sites for hydroxylation is 1. The number of benzene rings is 1. The molecule has 0 aliphatic carbocycles. The first-order chi connectivity index (χ1) is 9.35. The van der Waals surface area contributed by atoms with Gasteiger partial charge in [0.05, 0.1) is 5.69 Å². The molecule has 8 heteroatoms. The zero-order valence-electron chi connectivity index (χ0n) is 10.4. The number of ether oxygens (including phenoxy) is 1. The monoisotopic (exact) mass is 284 g/mol. The number of para-hydroxylation sites is 2. The topological polar surface area (TPSA) is 73.1 Å². The number of hydrogen-bond donors (Lipinski definition) is 2. The molecule has 0 saturated carbocycles. The van der Waals surface area contributed by atoms with Gasteiger partial charge >= 0.3 is 6.36 Å². The molecule has 0 fully saturated rings. The molecule has 0 atom stereocenters. The molecule has 0 bridgehead atoms. The number of anilines is 3. The smallest absolute Gasteiger partial charge is 0.404 e. The van der Waals surface area contributed by atoms with Gasteiger partial charge in [-0.3, -0.25) is 0 Å². The van der Waals surface area contributed by atoms with Gasteiger partial charge in [-0.25, -0.2) is 4.98 Å². The summed E-state index contributed by atoms with van der Waals surface area (Å²) in [4.78, 5) is 7.70. The molecule has 0 aliphatic heterocycles. The quantitative estimate of drug-likeness (QED) is 0.906. The van der Waals surface area contributed by atoms with Crippen molar-refractivity contribution in [3.63, 3.8) is 0 Å². The average molecular weight is 284 g/mol. The van der Waals surface area contributed by atoms with E-state index in [4.69, 9.17) is 5.73 Å². The van der Waals surface area contributed by atoms with Gasteiger partial charge in [-0.15, -0.1) is 13.2 Å². The summed E-state index contributed by atoms with van der Waals surface area (Å²) in [5.41, 5.74) is 6.22. The van der Waals surface area contributed by atoms with E-state index < -0.39 is 6.36 Å². The first-order valence-electron chi connectivity index (χ1n) is 5.56. The van der Waals surface area contributed by atoms with E-state index in [1.54, 1.807) is 13.0 Å². The van der Waals surface area contributed by atoms with Crippen molar-refractivity contribution < 1.29 is 17.9 Å². The lowest BCUT2D eigenvalue weighted by atomic mass is 10.2. The fourth-order valence-electron chi connectivity index (χ4n) is 1.49. The van der Waals surface area contributed by atoms with Gasteiger partial charge < -0.3 is 15.8 Å². The van der Waals surface area contributed by atoms with E-state index in [-0.39, 0.29) is 17.4 Å². The second kappa shape index (κ2) is 5.24. The second-order valence-electron chi connectivity index (χ2n) is 3.93. The number of nitrogen functional groups attached to an aromatic ring is 1. The summed E-state index contributed by atoms with van der Waals surface area (Å²) < 4.78 is 40.9. The van der Waals surface area contributed by atoms with Gasteiger partial charge in [0.1, 0.15) is 5.82 Å². The molecule has 20 heavy (non-hydrogen) atoms. The maximum absolute atomic E-state index is 12.3. The van der Waals surface area contributed by atoms with Crippen molar-refractivity contribution in [2.24, 2.45) is 0 Å². The van der Waals surface area contributed by atoms with E-state index in [0.29, 0.717) is 11.4 Å². The summed E-state index contributed by atoms with van der Waals surface area (Å²) in [6.45, 7) is 1.70. The Morgan fingerprint density at radius 2 is 1.95 bits per heavy atom. The van der Waals surface area contributed by atoms with Crippen LogP contribution >= 0.6 is 0 Å². The fourth-order valence-corrected chi connectivity index (χ4v) is 1.49. The summed E-state index contributed by atoms with van der Waals surface area (Å²) in [6.07, 6.45) is -3.30. The maximum atomic E-state index is 12.3. The highest BCUT2D eigenvalue weighted by Gasteiger charge is 2.32. The minimum atomic E-state index is -4.77. The molecule has 3 N–H and O–H groups in total. The maximum Gasteiger partial charge on any atom is 0.573 e. The lowest BCUT2D eigenvalue weighted by Gasteiger charge is -2.15. The van der Waals surface area contributed by atoms with E-state index in [2.05, 4.69) is 20.0 Å². The Kier molecular flexibility index (Phi) is 3.64. The van der Waals surface area contributed by atoms with Gasteiger partial charge in [-0.2, -0.15) is 4.98 Å². The van der Waals surface area contributed by atoms with Crippen molar-refractivity contribution in [3.05, 3.63) is 36.0 Å². The lowest BCUT2D eigenvalue weighted by Crippen LogP contribution is -2.18. The molecule has 0 amide bonds. The van der Waals surface area contributed by atoms with E-state index in [1.165, 1.54) is 24.4 Å². The minimum Gasteiger partial charge on any atom is -0.404 e. The minimum absolute atomic E-state index is 0.0207. The molecule has 5 nitrogen and oxygen atoms in total. The fraction of sp³-hybridized carbons (Fsp3) is 0.167. The molecule has 106 valence electrons. The van der Waals surface area contributed by atoms with Gasteiger partial charge in [-0.1, -0.05) is 12.1 Å². The first kappa shape index (κ1) is 13.9. The van der Waals surface area contributed by atoms with Crippen molar-refractivity contribution in [1.29, 1.82) is 0 Å². The number of nitrogens with zero attached hydrogens (tertiary/aromatic N) is 2. The Balaban J connectivity index is 2.32. The van der Waals surface area contributed by atoms with Crippen LogP contribution in [0.5, 0.6) is 5.75 Å². The van der Waals surface area contributed by atoms with E-state index in [1.807, 2.05) is 0 Å². The van der Waals surface area contributed by atoms with Gasteiger partial charge in [-0.05, 0) is 19.1 Å². The van der Waals surface area contributed by atoms with Crippen LogP contribution in [0.25, 0.3) is 0 Å². The Hall–Kier alpha value is -2.51. The molecule has 0 aliphatic rings. The highest BCUT2D eigenvalue weighted by molar-refractivity contribution is 5.66. The van der Waals surface area contributed by atoms with Crippen LogP contribution in [0.1, 0.15) is 5.56 Å². The summed E-state index contributed by atoms with van der Waals surface area (Å²) in [5, 5.41) is 2.75. The summed E-state index contributed by atoms with van der Waals surface area (Å²) in [5.74, 6) is -0.0142. The number of nitrogens with one attached hydrogen (secondary N) is 1. The average Bonchev–Trinajstić information content (AvgIpc) is 2.34. The van der Waals surface area contributed by atoms with Crippen LogP contribution < -0.4 is 15.8 Å². The summed E-state index contributed by atoms with van der Waals surface area (Å²) in [7, 11) is 0. The summed E-state index contributed by atoms with van der Waals surface area (Å²) >= 11 is 0. The Bertz CT molecular complexity index is 616. The molecule has 0 radical (unpaired) electrons. The molecule has 2 rings (SSSR count). The SMILES string of the molecule is Cc1cnc(N)nc1Nc1ccccc1OC(F)(F)F. The van der Waals surface area contributed by atoms with Crippen molar-refractivity contribution in [1.82, 2.24) is 9.97 Å². The van der Waals surface area contributed by atoms with Crippen LogP contribution in [0.15, 0.2) is 30.5 Å². The van der Waals surface area contributed by atoms with Crippen LogP contribution in [0.4, 0.5) is 30.6 Å². The highest BCUT2D eigenvalue weighted by Crippen LogP contribution is 2.32. The third-order valence-electron chi connectivity index (χ3n) is 2.36. The van der Waals surface area contributed by atoms with Gasteiger partial charge in [0, 0.05) is 11.8 Å². The standard InChI is InChI=1S/C12H11F3N4O/c1-7-6-17-11(16)19-10(7)18-8-4-2-3-5-9(8)20-12(13,14)15/h2-6H,1H3,(H3,16,17,18,19). The number of nitrogens with two attached hydrogens (primary N) is 1. The van der Waals surface area contributed by atoms with Crippen LogP contribution in [-0.4, -0.2) is 16.3 Å². The van der Waals surface area contributed by atoms with Crippen LogP contribution in [0, 0.1) is 6.92 Å². The third kappa shape index (κ3) is 3.50. The second-order valence-corrected chi connectivity index (χ2v) is 3.93. The molecule has 1 aromatic heterocycles. The van der Waals surface area contributed by atoms with Crippen LogP contribution in [0.2, 0.25) is 0 Å². The Morgan fingerprint density at radius 3 is 2.65 bits per heavy atom. The Labute approximate surface area is 112 Å². The molecular weight excluding hydrogens is 273 g/mol. The number of halogens is 3. The van der Waals surface area contributed by atoms with Crippen molar-refractivity contribution in [3.8, 4) is 5.75 Å². The molecule has 0 saturated heterocycles.